The molecule has 0 saturated heterocycles. The maximum atomic E-state index is 11.0. The van der Waals surface area contributed by atoms with E-state index in [1.807, 2.05) is 27.1 Å². The SMILES string of the molecule is CC(C)n1cc(C=O)c(-c2cnn(C)c2)n1. The smallest absolute Gasteiger partial charge is 0.153 e. The van der Waals surface area contributed by atoms with E-state index in [2.05, 4.69) is 10.2 Å². The first-order chi connectivity index (χ1) is 7.61. The topological polar surface area (TPSA) is 52.7 Å². The van der Waals surface area contributed by atoms with Gasteiger partial charge in [0.25, 0.3) is 0 Å². The van der Waals surface area contributed by atoms with E-state index in [1.165, 1.54) is 0 Å². The second-order valence-electron chi connectivity index (χ2n) is 4.03. The molecule has 2 heterocycles. The minimum absolute atomic E-state index is 0.240. The third-order valence-corrected chi connectivity index (χ3v) is 2.39. The molecule has 0 aliphatic rings. The predicted octanol–water partition coefficient (Wildman–Crippen LogP) is 1.68. The van der Waals surface area contributed by atoms with Crippen LogP contribution in [0.4, 0.5) is 0 Å². The van der Waals surface area contributed by atoms with Crippen molar-refractivity contribution in [1.29, 1.82) is 0 Å². The molecule has 2 rings (SSSR count). The van der Waals surface area contributed by atoms with Gasteiger partial charge in [0.05, 0.1) is 11.8 Å². The molecule has 84 valence electrons. The van der Waals surface area contributed by atoms with E-state index in [0.717, 1.165) is 11.8 Å². The third kappa shape index (κ3) is 1.76. The molecule has 0 atom stereocenters. The summed E-state index contributed by atoms with van der Waals surface area (Å²) in [6.07, 6.45) is 6.15. The van der Waals surface area contributed by atoms with E-state index in [1.54, 1.807) is 21.8 Å². The predicted molar refractivity (Wildman–Crippen MR) is 60.2 cm³/mol. The molecule has 0 spiro atoms. The summed E-state index contributed by atoms with van der Waals surface area (Å²) in [5, 5.41) is 8.47. The van der Waals surface area contributed by atoms with Crippen LogP contribution in [0.3, 0.4) is 0 Å². The lowest BCUT2D eigenvalue weighted by molar-refractivity contribution is 0.112. The molecule has 0 N–H and O–H groups in total. The van der Waals surface area contributed by atoms with Crippen molar-refractivity contribution in [3.05, 3.63) is 24.2 Å². The molecular weight excluding hydrogens is 204 g/mol. The lowest BCUT2D eigenvalue weighted by Gasteiger charge is -2.02. The van der Waals surface area contributed by atoms with Crippen molar-refractivity contribution in [2.24, 2.45) is 7.05 Å². The summed E-state index contributed by atoms with van der Waals surface area (Å²) in [6, 6.07) is 0.240. The van der Waals surface area contributed by atoms with Crippen LogP contribution in [0.25, 0.3) is 11.3 Å². The van der Waals surface area contributed by atoms with E-state index in [-0.39, 0.29) is 6.04 Å². The molecule has 16 heavy (non-hydrogen) atoms. The van der Waals surface area contributed by atoms with Crippen molar-refractivity contribution >= 4 is 6.29 Å². The number of aromatic nitrogens is 4. The first-order valence-corrected chi connectivity index (χ1v) is 5.15. The van der Waals surface area contributed by atoms with Crippen LogP contribution in [0.2, 0.25) is 0 Å². The minimum atomic E-state index is 0.240. The van der Waals surface area contributed by atoms with Gasteiger partial charge in [0.2, 0.25) is 0 Å². The van der Waals surface area contributed by atoms with E-state index < -0.39 is 0 Å². The quantitative estimate of drug-likeness (QED) is 0.736. The van der Waals surface area contributed by atoms with E-state index in [0.29, 0.717) is 11.3 Å². The molecule has 0 saturated carbocycles. The number of aldehydes is 1. The zero-order chi connectivity index (χ0) is 11.7. The minimum Gasteiger partial charge on any atom is -0.298 e. The first-order valence-electron chi connectivity index (χ1n) is 5.15. The Morgan fingerprint density at radius 2 is 2.12 bits per heavy atom. The fourth-order valence-electron chi connectivity index (χ4n) is 1.52. The maximum Gasteiger partial charge on any atom is 0.153 e. The van der Waals surface area contributed by atoms with Crippen LogP contribution in [-0.2, 0) is 7.05 Å². The van der Waals surface area contributed by atoms with Crippen LogP contribution in [0.1, 0.15) is 30.2 Å². The van der Waals surface area contributed by atoms with Gasteiger partial charge in [0.15, 0.2) is 6.29 Å². The molecule has 2 aromatic rings. The third-order valence-electron chi connectivity index (χ3n) is 2.39. The van der Waals surface area contributed by atoms with Crippen molar-refractivity contribution < 1.29 is 4.79 Å². The number of hydrogen-bond acceptors (Lipinski definition) is 3. The van der Waals surface area contributed by atoms with Crippen molar-refractivity contribution in [1.82, 2.24) is 19.6 Å². The van der Waals surface area contributed by atoms with Gasteiger partial charge in [-0.15, -0.1) is 0 Å². The fraction of sp³-hybridized carbons (Fsp3) is 0.364. The molecule has 0 fully saturated rings. The molecule has 0 unspecified atom stereocenters. The molecular formula is C11H14N4O. The van der Waals surface area contributed by atoms with Crippen molar-refractivity contribution in [2.45, 2.75) is 19.9 Å². The average molecular weight is 218 g/mol. The van der Waals surface area contributed by atoms with Crippen LogP contribution in [0.15, 0.2) is 18.6 Å². The Morgan fingerprint density at radius 3 is 2.62 bits per heavy atom. The van der Waals surface area contributed by atoms with Crippen molar-refractivity contribution in [3.8, 4) is 11.3 Å². The Balaban J connectivity index is 2.51. The van der Waals surface area contributed by atoms with Gasteiger partial charge in [-0.25, -0.2) is 0 Å². The highest BCUT2D eigenvalue weighted by Gasteiger charge is 2.13. The van der Waals surface area contributed by atoms with Gasteiger partial charge in [-0.2, -0.15) is 10.2 Å². The Labute approximate surface area is 93.7 Å². The molecule has 5 heteroatoms. The highest BCUT2D eigenvalue weighted by molar-refractivity contribution is 5.85. The lowest BCUT2D eigenvalue weighted by atomic mass is 10.2. The largest absolute Gasteiger partial charge is 0.298 e. The van der Waals surface area contributed by atoms with Gasteiger partial charge in [0, 0.05) is 31.0 Å². The van der Waals surface area contributed by atoms with Crippen molar-refractivity contribution in [2.75, 3.05) is 0 Å². The highest BCUT2D eigenvalue weighted by atomic mass is 16.1. The summed E-state index contributed by atoms with van der Waals surface area (Å²) >= 11 is 0. The summed E-state index contributed by atoms with van der Waals surface area (Å²) in [4.78, 5) is 11.0. The molecule has 0 aliphatic heterocycles. The number of hydrogen-bond donors (Lipinski definition) is 0. The Kier molecular flexibility index (Phi) is 2.60. The van der Waals surface area contributed by atoms with Gasteiger partial charge >= 0.3 is 0 Å². The zero-order valence-electron chi connectivity index (χ0n) is 9.58. The van der Waals surface area contributed by atoms with Crippen LogP contribution in [-0.4, -0.2) is 25.8 Å². The van der Waals surface area contributed by atoms with Crippen LogP contribution in [0.5, 0.6) is 0 Å². The average Bonchev–Trinajstić information content (AvgIpc) is 2.82. The van der Waals surface area contributed by atoms with E-state index in [4.69, 9.17) is 0 Å². The fourth-order valence-corrected chi connectivity index (χ4v) is 1.52. The second kappa shape index (κ2) is 3.92. The molecule has 0 bridgehead atoms. The maximum absolute atomic E-state index is 11.0. The molecule has 0 aromatic carbocycles. The van der Waals surface area contributed by atoms with Gasteiger partial charge < -0.3 is 0 Å². The Hall–Kier alpha value is -1.91. The van der Waals surface area contributed by atoms with Crippen LogP contribution in [0, 0.1) is 0 Å². The number of carbonyl (C=O) groups is 1. The van der Waals surface area contributed by atoms with Gasteiger partial charge in [-0.3, -0.25) is 14.2 Å². The van der Waals surface area contributed by atoms with Crippen LogP contribution < -0.4 is 0 Å². The molecule has 0 aliphatic carbocycles. The monoisotopic (exact) mass is 218 g/mol. The Bertz CT molecular complexity index is 510. The van der Waals surface area contributed by atoms with Crippen molar-refractivity contribution in [3.63, 3.8) is 0 Å². The van der Waals surface area contributed by atoms with Crippen LogP contribution >= 0.6 is 0 Å². The highest BCUT2D eigenvalue weighted by Crippen LogP contribution is 2.21. The molecule has 0 amide bonds. The first kappa shape index (κ1) is 10.6. The summed E-state index contributed by atoms with van der Waals surface area (Å²) in [7, 11) is 1.84. The number of rotatable bonds is 3. The zero-order valence-corrected chi connectivity index (χ0v) is 9.58. The van der Waals surface area contributed by atoms with E-state index >= 15 is 0 Å². The second-order valence-corrected chi connectivity index (χ2v) is 4.03. The summed E-state index contributed by atoms with van der Waals surface area (Å²) in [5.74, 6) is 0. The Morgan fingerprint density at radius 1 is 1.38 bits per heavy atom. The van der Waals surface area contributed by atoms with Gasteiger partial charge in [-0.05, 0) is 13.8 Å². The number of nitrogens with zero attached hydrogens (tertiary/aromatic N) is 4. The molecule has 2 aromatic heterocycles. The normalized spacial score (nSPS) is 11.0. The van der Waals surface area contributed by atoms with Gasteiger partial charge in [0.1, 0.15) is 5.69 Å². The van der Waals surface area contributed by atoms with E-state index in [9.17, 15) is 4.79 Å². The number of carbonyl (C=O) groups excluding carboxylic acids is 1. The molecule has 5 nitrogen and oxygen atoms in total. The van der Waals surface area contributed by atoms with Gasteiger partial charge in [-0.1, -0.05) is 0 Å². The molecule has 0 radical (unpaired) electrons. The summed E-state index contributed by atoms with van der Waals surface area (Å²) < 4.78 is 3.48. The summed E-state index contributed by atoms with van der Waals surface area (Å²) in [5.41, 5.74) is 2.16. The standard InChI is InChI=1S/C11H14N4O/c1-8(2)15-6-10(7-16)11(13-15)9-4-12-14(3)5-9/h4-8H,1-3H3. The summed E-state index contributed by atoms with van der Waals surface area (Å²) in [6.45, 7) is 4.04. The number of aryl methyl sites for hydroxylation is 1. The lowest BCUT2D eigenvalue weighted by Crippen LogP contribution is -2.00.